The molecule has 1 aromatic heterocycles. The first-order chi connectivity index (χ1) is 8.28. The topological polar surface area (TPSA) is 36.7 Å². The van der Waals surface area contributed by atoms with Crippen LogP contribution >= 0.6 is 11.6 Å². The number of pyridine rings is 1. The Labute approximate surface area is 104 Å². The zero-order chi connectivity index (χ0) is 12.1. The van der Waals surface area contributed by atoms with E-state index >= 15 is 0 Å². The van der Waals surface area contributed by atoms with Crippen molar-refractivity contribution in [2.24, 2.45) is 0 Å². The molecule has 0 bridgehead atoms. The average molecular weight is 239 g/mol. The molecular weight excluding hydrogens is 232 g/mol. The van der Waals surface area contributed by atoms with Crippen molar-refractivity contribution in [3.05, 3.63) is 64.4 Å². The molecule has 0 unspecified atom stereocenters. The van der Waals surface area contributed by atoms with E-state index in [1.165, 1.54) is 6.20 Å². The summed E-state index contributed by atoms with van der Waals surface area (Å²) in [6.45, 7) is 0. The normalized spacial score (nSPS) is 8.94. The van der Waals surface area contributed by atoms with Crippen molar-refractivity contribution in [2.45, 2.75) is 0 Å². The van der Waals surface area contributed by atoms with Gasteiger partial charge in [-0.15, -0.1) is 0 Å². The molecule has 3 heteroatoms. The standard InChI is InChI=1S/C14H7ClN2/c15-14-3-1-2-11(7-14)4-5-12-6-13(8-16)10-17-9-12/h1-3,6-7,9-10H. The highest BCUT2D eigenvalue weighted by Crippen LogP contribution is 2.09. The van der Waals surface area contributed by atoms with E-state index in [1.807, 2.05) is 18.2 Å². The maximum absolute atomic E-state index is 8.73. The zero-order valence-electron chi connectivity index (χ0n) is 8.81. The van der Waals surface area contributed by atoms with E-state index < -0.39 is 0 Å². The second-order valence-electron chi connectivity index (χ2n) is 3.33. The fraction of sp³-hybridized carbons (Fsp3) is 0. The summed E-state index contributed by atoms with van der Waals surface area (Å²) in [6.07, 6.45) is 3.13. The molecule has 0 aliphatic heterocycles. The highest BCUT2D eigenvalue weighted by molar-refractivity contribution is 6.30. The summed E-state index contributed by atoms with van der Waals surface area (Å²) in [5.41, 5.74) is 2.05. The Bertz CT molecular complexity index is 645. The zero-order valence-corrected chi connectivity index (χ0v) is 9.57. The van der Waals surface area contributed by atoms with Crippen molar-refractivity contribution >= 4 is 11.6 Å². The number of hydrogen-bond donors (Lipinski definition) is 0. The lowest BCUT2D eigenvalue weighted by atomic mass is 10.2. The van der Waals surface area contributed by atoms with Gasteiger partial charge in [0.05, 0.1) is 5.56 Å². The van der Waals surface area contributed by atoms with Gasteiger partial charge in [-0.25, -0.2) is 0 Å². The number of halogens is 1. The largest absolute Gasteiger partial charge is 0.262 e. The van der Waals surface area contributed by atoms with Gasteiger partial charge in [-0.2, -0.15) is 5.26 Å². The maximum atomic E-state index is 8.73. The van der Waals surface area contributed by atoms with Gasteiger partial charge in [0, 0.05) is 28.5 Å². The molecule has 2 rings (SSSR count). The fourth-order valence-electron chi connectivity index (χ4n) is 1.28. The summed E-state index contributed by atoms with van der Waals surface area (Å²) in [5, 5.41) is 9.38. The molecule has 1 aromatic carbocycles. The van der Waals surface area contributed by atoms with Gasteiger partial charge in [-0.05, 0) is 24.3 Å². The summed E-state index contributed by atoms with van der Waals surface area (Å²) >= 11 is 5.85. The molecule has 2 nitrogen and oxygen atoms in total. The van der Waals surface area contributed by atoms with Crippen molar-refractivity contribution in [2.75, 3.05) is 0 Å². The van der Waals surface area contributed by atoms with Gasteiger partial charge >= 0.3 is 0 Å². The van der Waals surface area contributed by atoms with E-state index in [0.29, 0.717) is 16.1 Å². The molecule has 0 amide bonds. The summed E-state index contributed by atoms with van der Waals surface area (Å²) in [5.74, 6) is 5.91. The van der Waals surface area contributed by atoms with E-state index in [1.54, 1.807) is 24.4 Å². The smallest absolute Gasteiger partial charge is 0.101 e. The van der Waals surface area contributed by atoms with Crippen LogP contribution in [0, 0.1) is 23.2 Å². The van der Waals surface area contributed by atoms with Crippen LogP contribution in [0.2, 0.25) is 5.02 Å². The van der Waals surface area contributed by atoms with Crippen LogP contribution in [0.25, 0.3) is 0 Å². The van der Waals surface area contributed by atoms with Crippen LogP contribution in [-0.4, -0.2) is 4.98 Å². The molecule has 0 aliphatic carbocycles. The number of hydrogen-bond acceptors (Lipinski definition) is 2. The van der Waals surface area contributed by atoms with Gasteiger partial charge < -0.3 is 0 Å². The number of rotatable bonds is 0. The second kappa shape index (κ2) is 5.16. The third kappa shape index (κ3) is 3.08. The minimum atomic E-state index is 0.503. The van der Waals surface area contributed by atoms with Gasteiger partial charge in [-0.3, -0.25) is 4.98 Å². The lowest BCUT2D eigenvalue weighted by molar-refractivity contribution is 1.29. The van der Waals surface area contributed by atoms with Crippen LogP contribution < -0.4 is 0 Å². The maximum Gasteiger partial charge on any atom is 0.101 e. The first kappa shape index (κ1) is 11.2. The van der Waals surface area contributed by atoms with Crippen molar-refractivity contribution in [3.8, 4) is 17.9 Å². The minimum absolute atomic E-state index is 0.503. The van der Waals surface area contributed by atoms with Crippen LogP contribution in [0.1, 0.15) is 16.7 Å². The molecule has 0 N–H and O–H groups in total. The van der Waals surface area contributed by atoms with E-state index in [0.717, 1.165) is 5.56 Å². The van der Waals surface area contributed by atoms with Gasteiger partial charge in [0.15, 0.2) is 0 Å². The van der Waals surface area contributed by atoms with E-state index in [9.17, 15) is 0 Å². The SMILES string of the molecule is N#Cc1cncc(C#Cc2cccc(Cl)c2)c1. The summed E-state index contributed by atoms with van der Waals surface area (Å²) in [7, 11) is 0. The molecule has 0 atom stereocenters. The van der Waals surface area contributed by atoms with Crippen molar-refractivity contribution in [1.82, 2.24) is 4.98 Å². The molecule has 17 heavy (non-hydrogen) atoms. The number of benzene rings is 1. The van der Waals surface area contributed by atoms with E-state index in [4.69, 9.17) is 16.9 Å². The highest BCUT2D eigenvalue weighted by atomic mass is 35.5. The Morgan fingerprint density at radius 3 is 2.53 bits per heavy atom. The quantitative estimate of drug-likeness (QED) is 0.662. The van der Waals surface area contributed by atoms with Gasteiger partial charge in [0.1, 0.15) is 6.07 Å². The van der Waals surface area contributed by atoms with Crippen LogP contribution in [0.15, 0.2) is 42.7 Å². The summed E-state index contributed by atoms with van der Waals surface area (Å²) in [6, 6.07) is 11.0. The van der Waals surface area contributed by atoms with Crippen molar-refractivity contribution < 1.29 is 0 Å². The summed E-state index contributed by atoms with van der Waals surface area (Å²) < 4.78 is 0. The predicted octanol–water partition coefficient (Wildman–Crippen LogP) is 3.01. The van der Waals surface area contributed by atoms with Crippen LogP contribution in [0.3, 0.4) is 0 Å². The number of aromatic nitrogens is 1. The van der Waals surface area contributed by atoms with E-state index in [-0.39, 0.29) is 0 Å². The van der Waals surface area contributed by atoms with Gasteiger partial charge in [0.25, 0.3) is 0 Å². The Morgan fingerprint density at radius 1 is 1.00 bits per heavy atom. The highest BCUT2D eigenvalue weighted by Gasteiger charge is 1.92. The van der Waals surface area contributed by atoms with Crippen molar-refractivity contribution in [1.29, 1.82) is 5.26 Å². The first-order valence-electron chi connectivity index (χ1n) is 4.91. The van der Waals surface area contributed by atoms with Crippen molar-refractivity contribution in [3.63, 3.8) is 0 Å². The van der Waals surface area contributed by atoms with E-state index in [2.05, 4.69) is 16.8 Å². The molecule has 0 saturated heterocycles. The first-order valence-corrected chi connectivity index (χ1v) is 5.28. The molecule has 0 radical (unpaired) electrons. The number of nitriles is 1. The molecule has 0 aliphatic rings. The Kier molecular flexibility index (Phi) is 3.40. The lowest BCUT2D eigenvalue weighted by Gasteiger charge is -1.92. The Hall–Kier alpha value is -2.29. The molecule has 1 heterocycles. The molecule has 2 aromatic rings. The molecular formula is C14H7ClN2. The molecule has 0 spiro atoms. The minimum Gasteiger partial charge on any atom is -0.262 e. The second-order valence-corrected chi connectivity index (χ2v) is 3.77. The molecule has 0 fully saturated rings. The van der Waals surface area contributed by atoms with Crippen LogP contribution in [-0.2, 0) is 0 Å². The third-order valence-corrected chi connectivity index (χ3v) is 2.28. The molecule has 0 saturated carbocycles. The summed E-state index contributed by atoms with van der Waals surface area (Å²) in [4.78, 5) is 3.93. The van der Waals surface area contributed by atoms with Gasteiger partial charge in [-0.1, -0.05) is 29.5 Å². The fourth-order valence-corrected chi connectivity index (χ4v) is 1.47. The third-order valence-electron chi connectivity index (χ3n) is 2.04. The monoisotopic (exact) mass is 238 g/mol. The van der Waals surface area contributed by atoms with Crippen LogP contribution in [0.4, 0.5) is 0 Å². The Balaban J connectivity index is 2.30. The Morgan fingerprint density at radius 2 is 1.76 bits per heavy atom. The molecule has 80 valence electrons. The average Bonchev–Trinajstić information content (AvgIpc) is 2.37. The van der Waals surface area contributed by atoms with Gasteiger partial charge in [0.2, 0.25) is 0 Å². The number of nitrogens with zero attached hydrogens (tertiary/aromatic N) is 2. The lowest BCUT2D eigenvalue weighted by Crippen LogP contribution is -1.82. The predicted molar refractivity (Wildman–Crippen MR) is 66.4 cm³/mol. The van der Waals surface area contributed by atoms with Crippen LogP contribution in [0.5, 0.6) is 0 Å².